The minimum absolute atomic E-state index is 0.778. The summed E-state index contributed by atoms with van der Waals surface area (Å²) in [4.78, 5) is 0. The lowest BCUT2D eigenvalue weighted by atomic mass is 9.92. The molecule has 0 atom stereocenters. The van der Waals surface area contributed by atoms with Crippen molar-refractivity contribution in [1.82, 2.24) is 0 Å². The van der Waals surface area contributed by atoms with Crippen LogP contribution in [-0.2, 0) is 4.74 Å². The topological polar surface area (TPSA) is 9.23 Å². The van der Waals surface area contributed by atoms with Gasteiger partial charge in [0, 0.05) is 7.11 Å². The quantitative estimate of drug-likeness (QED) is 0.626. The summed E-state index contributed by atoms with van der Waals surface area (Å²) in [6.45, 7) is 5.20. The van der Waals surface area contributed by atoms with Crippen LogP contribution in [0.5, 0.6) is 0 Å². The molecular weight excluding hydrogens is 148 g/mol. The molecule has 1 aliphatic carbocycles. The molecule has 12 heavy (non-hydrogen) atoms. The largest absolute Gasteiger partial charge is 0.380 e. The molecular formula is C11H18O. The maximum atomic E-state index is 5.16. The van der Waals surface area contributed by atoms with Crippen molar-refractivity contribution >= 4 is 0 Å². The van der Waals surface area contributed by atoms with Crippen molar-refractivity contribution < 1.29 is 4.74 Å². The van der Waals surface area contributed by atoms with E-state index in [0.29, 0.717) is 0 Å². The molecule has 0 amide bonds. The van der Waals surface area contributed by atoms with E-state index in [9.17, 15) is 0 Å². The first kappa shape index (κ1) is 9.53. The second kappa shape index (κ2) is 4.46. The van der Waals surface area contributed by atoms with Crippen LogP contribution in [0.25, 0.3) is 0 Å². The summed E-state index contributed by atoms with van der Waals surface area (Å²) in [6, 6.07) is 0. The summed E-state index contributed by atoms with van der Waals surface area (Å²) in [6.07, 6.45) is 5.92. The van der Waals surface area contributed by atoms with Crippen molar-refractivity contribution in [3.8, 4) is 0 Å². The second-order valence-electron chi connectivity index (χ2n) is 3.41. The average Bonchev–Trinajstić information content (AvgIpc) is 2.05. The fourth-order valence-electron chi connectivity index (χ4n) is 1.68. The maximum absolute atomic E-state index is 5.16. The molecule has 1 heteroatoms. The third-order valence-corrected chi connectivity index (χ3v) is 2.42. The van der Waals surface area contributed by atoms with Crippen LogP contribution >= 0.6 is 0 Å². The smallest absolute Gasteiger partial charge is 0.0712 e. The van der Waals surface area contributed by atoms with E-state index in [1.165, 1.54) is 30.4 Å². The zero-order valence-corrected chi connectivity index (χ0v) is 8.31. The Hall–Kier alpha value is -0.560. The monoisotopic (exact) mass is 166 g/mol. The average molecular weight is 166 g/mol. The number of ether oxygens (including phenoxy) is 1. The lowest BCUT2D eigenvalue weighted by molar-refractivity contribution is 0.226. The summed E-state index contributed by atoms with van der Waals surface area (Å²) in [5.41, 5.74) is 4.46. The molecule has 0 radical (unpaired) electrons. The van der Waals surface area contributed by atoms with Crippen LogP contribution in [0.2, 0.25) is 0 Å². The highest BCUT2D eigenvalue weighted by Gasteiger charge is 2.08. The normalized spacial score (nSPS) is 18.1. The predicted octanol–water partition coefficient (Wildman–Crippen LogP) is 3.08. The molecule has 1 rings (SSSR count). The van der Waals surface area contributed by atoms with Crippen molar-refractivity contribution in [2.75, 3.05) is 13.7 Å². The molecule has 0 bridgehead atoms. The van der Waals surface area contributed by atoms with Crippen LogP contribution in [-0.4, -0.2) is 13.7 Å². The number of methoxy groups -OCH3 is 1. The lowest BCUT2D eigenvalue weighted by Gasteiger charge is -2.17. The molecule has 0 heterocycles. The number of hydrogen-bond donors (Lipinski definition) is 0. The Morgan fingerprint density at radius 3 is 2.75 bits per heavy atom. The molecule has 0 aromatic rings. The van der Waals surface area contributed by atoms with Crippen LogP contribution in [0.3, 0.4) is 0 Å². The van der Waals surface area contributed by atoms with Crippen molar-refractivity contribution in [2.24, 2.45) is 0 Å². The Morgan fingerprint density at radius 1 is 1.42 bits per heavy atom. The Morgan fingerprint density at radius 2 is 2.17 bits per heavy atom. The van der Waals surface area contributed by atoms with Gasteiger partial charge >= 0.3 is 0 Å². The Bertz CT molecular complexity index is 211. The highest BCUT2D eigenvalue weighted by molar-refractivity contribution is 5.33. The first-order chi connectivity index (χ1) is 5.77. The second-order valence-corrected chi connectivity index (χ2v) is 3.41. The third kappa shape index (κ3) is 2.21. The molecule has 1 aliphatic rings. The molecule has 0 N–H and O–H groups in total. The molecule has 0 spiro atoms. The van der Waals surface area contributed by atoms with Crippen molar-refractivity contribution in [2.45, 2.75) is 33.1 Å². The van der Waals surface area contributed by atoms with Crippen LogP contribution in [0.1, 0.15) is 33.1 Å². The molecule has 0 unspecified atom stereocenters. The number of rotatable bonds is 3. The first-order valence-corrected chi connectivity index (χ1v) is 4.65. The van der Waals surface area contributed by atoms with E-state index in [-0.39, 0.29) is 0 Å². The molecule has 1 nitrogen and oxygen atoms in total. The summed E-state index contributed by atoms with van der Waals surface area (Å²) >= 11 is 0. The van der Waals surface area contributed by atoms with Gasteiger partial charge in [0.15, 0.2) is 0 Å². The van der Waals surface area contributed by atoms with Gasteiger partial charge in [-0.1, -0.05) is 24.1 Å². The molecule has 0 saturated heterocycles. The van der Waals surface area contributed by atoms with Crippen molar-refractivity contribution in [3.05, 3.63) is 22.8 Å². The summed E-state index contributed by atoms with van der Waals surface area (Å²) in [7, 11) is 1.76. The molecule has 0 aromatic heterocycles. The Labute approximate surface area is 75.1 Å². The van der Waals surface area contributed by atoms with E-state index in [4.69, 9.17) is 4.74 Å². The third-order valence-electron chi connectivity index (χ3n) is 2.42. The van der Waals surface area contributed by atoms with Crippen LogP contribution in [0.15, 0.2) is 22.8 Å². The molecule has 68 valence electrons. The van der Waals surface area contributed by atoms with Crippen molar-refractivity contribution in [1.29, 1.82) is 0 Å². The van der Waals surface area contributed by atoms with Gasteiger partial charge in [0.25, 0.3) is 0 Å². The highest BCUT2D eigenvalue weighted by atomic mass is 16.5. The predicted molar refractivity (Wildman–Crippen MR) is 52.2 cm³/mol. The van der Waals surface area contributed by atoms with Gasteiger partial charge in [0.2, 0.25) is 0 Å². The summed E-state index contributed by atoms with van der Waals surface area (Å²) in [5, 5.41) is 0. The van der Waals surface area contributed by atoms with E-state index in [1.54, 1.807) is 12.7 Å². The van der Waals surface area contributed by atoms with Gasteiger partial charge in [-0.3, -0.25) is 0 Å². The van der Waals surface area contributed by atoms with Gasteiger partial charge in [-0.25, -0.2) is 0 Å². The molecule has 0 fully saturated rings. The van der Waals surface area contributed by atoms with Crippen molar-refractivity contribution in [3.63, 3.8) is 0 Å². The minimum Gasteiger partial charge on any atom is -0.380 e. The van der Waals surface area contributed by atoms with Gasteiger partial charge in [-0.2, -0.15) is 0 Å². The standard InChI is InChI=1S/C11H18O/c1-4-10-6-5-9(2)7-11(10)8-12-3/h7H,4-6,8H2,1-3H3. The van der Waals surface area contributed by atoms with Crippen LogP contribution in [0.4, 0.5) is 0 Å². The van der Waals surface area contributed by atoms with E-state index in [1.807, 2.05) is 0 Å². The fourth-order valence-corrected chi connectivity index (χ4v) is 1.68. The SMILES string of the molecule is CCC1=C(COC)C=C(C)CC1. The van der Waals surface area contributed by atoms with E-state index in [0.717, 1.165) is 6.61 Å². The van der Waals surface area contributed by atoms with E-state index >= 15 is 0 Å². The first-order valence-electron chi connectivity index (χ1n) is 4.65. The van der Waals surface area contributed by atoms with Gasteiger partial charge in [-0.15, -0.1) is 0 Å². The molecule has 0 saturated carbocycles. The fraction of sp³-hybridized carbons (Fsp3) is 0.636. The summed E-state index contributed by atoms with van der Waals surface area (Å²) < 4.78 is 5.16. The summed E-state index contributed by atoms with van der Waals surface area (Å²) in [5.74, 6) is 0. The number of allylic oxidation sites excluding steroid dienone is 2. The minimum atomic E-state index is 0.778. The van der Waals surface area contributed by atoms with Crippen LogP contribution in [0, 0.1) is 0 Å². The Kier molecular flexibility index (Phi) is 3.54. The Balaban J connectivity index is 2.77. The molecule has 0 aromatic carbocycles. The van der Waals surface area contributed by atoms with Gasteiger partial charge < -0.3 is 4.74 Å². The van der Waals surface area contributed by atoms with Crippen LogP contribution < -0.4 is 0 Å². The highest BCUT2D eigenvalue weighted by Crippen LogP contribution is 2.25. The lowest BCUT2D eigenvalue weighted by Crippen LogP contribution is -2.02. The van der Waals surface area contributed by atoms with E-state index < -0.39 is 0 Å². The molecule has 0 aliphatic heterocycles. The van der Waals surface area contributed by atoms with Gasteiger partial charge in [-0.05, 0) is 31.8 Å². The van der Waals surface area contributed by atoms with Gasteiger partial charge in [0.1, 0.15) is 0 Å². The van der Waals surface area contributed by atoms with Gasteiger partial charge in [0.05, 0.1) is 6.61 Å². The maximum Gasteiger partial charge on any atom is 0.0712 e. The van der Waals surface area contributed by atoms with E-state index in [2.05, 4.69) is 19.9 Å². The zero-order valence-electron chi connectivity index (χ0n) is 8.31. The zero-order chi connectivity index (χ0) is 8.97. The number of hydrogen-bond acceptors (Lipinski definition) is 1.